The molecule has 0 spiro atoms. The molecular formula is C15H11ClN4O2. The number of hydrogen-bond acceptors (Lipinski definition) is 5. The van der Waals surface area contributed by atoms with E-state index in [1.54, 1.807) is 54.5 Å². The third-order valence-corrected chi connectivity index (χ3v) is 3.44. The first-order chi connectivity index (χ1) is 10.7. The molecule has 0 radical (unpaired) electrons. The van der Waals surface area contributed by atoms with E-state index in [1.807, 2.05) is 0 Å². The van der Waals surface area contributed by atoms with Crippen LogP contribution in [0.2, 0.25) is 5.02 Å². The highest BCUT2D eigenvalue weighted by Crippen LogP contribution is 2.29. The Kier molecular flexibility index (Phi) is 3.84. The second-order valence-electron chi connectivity index (χ2n) is 4.41. The number of nitrogens with zero attached hydrogens (tertiary/aromatic N) is 4. The van der Waals surface area contributed by atoms with Crippen LogP contribution in [0.25, 0.3) is 16.9 Å². The standard InChI is InChI=1S/C15H11ClN4O2/c1-22-14-3-2-11(8-12(14)16)20-15(13(9-21)18-19-20)10-4-6-17-7-5-10/h2-9H,1H3. The highest BCUT2D eigenvalue weighted by Gasteiger charge is 2.16. The minimum atomic E-state index is 0.248. The van der Waals surface area contributed by atoms with Crippen molar-refractivity contribution in [3.05, 3.63) is 53.4 Å². The quantitative estimate of drug-likeness (QED) is 0.693. The Labute approximate surface area is 131 Å². The SMILES string of the molecule is COc1ccc(-n2nnc(C=O)c2-c2ccncc2)cc1Cl. The number of carbonyl (C=O) groups is 1. The molecule has 0 fully saturated rings. The summed E-state index contributed by atoms with van der Waals surface area (Å²) in [6.07, 6.45) is 3.95. The zero-order valence-electron chi connectivity index (χ0n) is 11.6. The molecule has 0 bridgehead atoms. The summed E-state index contributed by atoms with van der Waals surface area (Å²) in [5.41, 5.74) is 2.30. The van der Waals surface area contributed by atoms with Gasteiger partial charge in [0, 0.05) is 18.0 Å². The molecule has 2 aromatic heterocycles. The second kappa shape index (κ2) is 5.95. The highest BCUT2D eigenvalue weighted by atomic mass is 35.5. The van der Waals surface area contributed by atoms with E-state index in [-0.39, 0.29) is 5.69 Å². The minimum Gasteiger partial charge on any atom is -0.495 e. The van der Waals surface area contributed by atoms with Crippen molar-refractivity contribution in [1.82, 2.24) is 20.0 Å². The van der Waals surface area contributed by atoms with E-state index in [4.69, 9.17) is 16.3 Å². The summed E-state index contributed by atoms with van der Waals surface area (Å²) in [4.78, 5) is 15.2. The van der Waals surface area contributed by atoms with Crippen molar-refractivity contribution in [2.45, 2.75) is 0 Å². The molecule has 0 aliphatic heterocycles. The number of halogens is 1. The predicted octanol–water partition coefficient (Wildman–Crippen LogP) is 2.80. The Morgan fingerprint density at radius 1 is 1.23 bits per heavy atom. The van der Waals surface area contributed by atoms with Crippen molar-refractivity contribution in [3.8, 4) is 22.7 Å². The van der Waals surface area contributed by atoms with Crippen LogP contribution in [0.3, 0.4) is 0 Å². The average Bonchev–Trinajstić information content (AvgIpc) is 2.99. The van der Waals surface area contributed by atoms with Crippen LogP contribution in [-0.2, 0) is 0 Å². The van der Waals surface area contributed by atoms with Gasteiger partial charge in [0.2, 0.25) is 0 Å². The fraction of sp³-hybridized carbons (Fsp3) is 0.0667. The number of pyridine rings is 1. The molecule has 0 unspecified atom stereocenters. The third kappa shape index (κ3) is 2.44. The zero-order valence-corrected chi connectivity index (χ0v) is 12.4. The smallest absolute Gasteiger partial charge is 0.172 e. The molecule has 0 saturated carbocycles. The van der Waals surface area contributed by atoms with Gasteiger partial charge in [0.1, 0.15) is 11.4 Å². The van der Waals surface area contributed by atoms with E-state index >= 15 is 0 Å². The molecular weight excluding hydrogens is 304 g/mol. The Hall–Kier alpha value is -2.73. The maximum Gasteiger partial charge on any atom is 0.172 e. The Morgan fingerprint density at radius 3 is 2.64 bits per heavy atom. The highest BCUT2D eigenvalue weighted by molar-refractivity contribution is 6.32. The van der Waals surface area contributed by atoms with Crippen LogP contribution in [-0.4, -0.2) is 33.4 Å². The van der Waals surface area contributed by atoms with E-state index in [0.29, 0.717) is 28.4 Å². The van der Waals surface area contributed by atoms with Crippen molar-refractivity contribution in [1.29, 1.82) is 0 Å². The fourth-order valence-electron chi connectivity index (χ4n) is 2.12. The van der Waals surface area contributed by atoms with Gasteiger partial charge in [-0.25, -0.2) is 4.68 Å². The molecule has 0 amide bonds. The van der Waals surface area contributed by atoms with Crippen LogP contribution in [0.4, 0.5) is 0 Å². The van der Waals surface area contributed by atoms with Crippen LogP contribution in [0.1, 0.15) is 10.5 Å². The summed E-state index contributed by atoms with van der Waals surface area (Å²) >= 11 is 6.15. The summed E-state index contributed by atoms with van der Waals surface area (Å²) in [6, 6.07) is 8.80. The van der Waals surface area contributed by atoms with Crippen molar-refractivity contribution in [2.24, 2.45) is 0 Å². The first-order valence-electron chi connectivity index (χ1n) is 6.40. The zero-order chi connectivity index (χ0) is 15.5. The summed E-state index contributed by atoms with van der Waals surface area (Å²) in [6.45, 7) is 0. The third-order valence-electron chi connectivity index (χ3n) is 3.14. The summed E-state index contributed by atoms with van der Waals surface area (Å²) in [5.74, 6) is 0.562. The van der Waals surface area contributed by atoms with Gasteiger partial charge in [-0.3, -0.25) is 9.78 Å². The van der Waals surface area contributed by atoms with Gasteiger partial charge >= 0.3 is 0 Å². The molecule has 0 atom stereocenters. The number of benzene rings is 1. The van der Waals surface area contributed by atoms with E-state index in [0.717, 1.165) is 5.56 Å². The molecule has 3 aromatic rings. The normalized spacial score (nSPS) is 10.5. The second-order valence-corrected chi connectivity index (χ2v) is 4.81. The molecule has 0 saturated heterocycles. The van der Waals surface area contributed by atoms with Gasteiger partial charge in [0.15, 0.2) is 12.0 Å². The minimum absolute atomic E-state index is 0.248. The molecule has 3 rings (SSSR count). The summed E-state index contributed by atoms with van der Waals surface area (Å²) in [5, 5.41) is 8.40. The number of ether oxygens (including phenoxy) is 1. The Morgan fingerprint density at radius 2 is 2.00 bits per heavy atom. The average molecular weight is 315 g/mol. The van der Waals surface area contributed by atoms with Gasteiger partial charge in [0.05, 0.1) is 17.8 Å². The van der Waals surface area contributed by atoms with Crippen molar-refractivity contribution < 1.29 is 9.53 Å². The van der Waals surface area contributed by atoms with Crippen LogP contribution in [0.5, 0.6) is 5.75 Å². The maximum atomic E-state index is 11.2. The molecule has 6 nitrogen and oxygen atoms in total. The van der Waals surface area contributed by atoms with Gasteiger partial charge in [-0.15, -0.1) is 5.10 Å². The van der Waals surface area contributed by atoms with Gasteiger partial charge in [-0.05, 0) is 30.3 Å². The molecule has 0 aliphatic rings. The monoisotopic (exact) mass is 314 g/mol. The number of hydrogen-bond donors (Lipinski definition) is 0. The van der Waals surface area contributed by atoms with E-state index < -0.39 is 0 Å². The number of aldehydes is 1. The van der Waals surface area contributed by atoms with Gasteiger partial charge in [-0.1, -0.05) is 16.8 Å². The Balaban J connectivity index is 2.18. The topological polar surface area (TPSA) is 69.9 Å². The number of methoxy groups -OCH3 is 1. The number of carbonyl (C=O) groups excluding carboxylic acids is 1. The van der Waals surface area contributed by atoms with E-state index in [2.05, 4.69) is 15.3 Å². The first kappa shape index (κ1) is 14.2. The summed E-state index contributed by atoms with van der Waals surface area (Å²) < 4.78 is 6.70. The molecule has 22 heavy (non-hydrogen) atoms. The number of aromatic nitrogens is 4. The Bertz CT molecular complexity index is 818. The predicted molar refractivity (Wildman–Crippen MR) is 81.5 cm³/mol. The van der Waals surface area contributed by atoms with E-state index in [1.165, 1.54) is 0 Å². The number of rotatable bonds is 4. The fourth-order valence-corrected chi connectivity index (χ4v) is 2.37. The van der Waals surface area contributed by atoms with Crippen molar-refractivity contribution in [2.75, 3.05) is 7.11 Å². The van der Waals surface area contributed by atoms with Gasteiger partial charge in [-0.2, -0.15) is 0 Å². The lowest BCUT2D eigenvalue weighted by Gasteiger charge is -2.09. The molecule has 7 heteroatoms. The molecule has 110 valence electrons. The van der Waals surface area contributed by atoms with Gasteiger partial charge < -0.3 is 4.74 Å². The molecule has 0 aliphatic carbocycles. The van der Waals surface area contributed by atoms with Crippen LogP contribution in [0, 0.1) is 0 Å². The first-order valence-corrected chi connectivity index (χ1v) is 6.77. The lowest BCUT2D eigenvalue weighted by molar-refractivity contribution is 0.111. The maximum absolute atomic E-state index is 11.2. The molecule has 2 heterocycles. The lowest BCUT2D eigenvalue weighted by Crippen LogP contribution is -2.00. The molecule has 1 aromatic carbocycles. The van der Waals surface area contributed by atoms with Crippen LogP contribution in [0.15, 0.2) is 42.7 Å². The lowest BCUT2D eigenvalue weighted by atomic mass is 10.1. The van der Waals surface area contributed by atoms with Crippen molar-refractivity contribution in [3.63, 3.8) is 0 Å². The van der Waals surface area contributed by atoms with Crippen molar-refractivity contribution >= 4 is 17.9 Å². The van der Waals surface area contributed by atoms with E-state index in [9.17, 15) is 4.79 Å². The summed E-state index contributed by atoms with van der Waals surface area (Å²) in [7, 11) is 1.54. The van der Waals surface area contributed by atoms with Crippen LogP contribution >= 0.6 is 11.6 Å². The largest absolute Gasteiger partial charge is 0.495 e. The molecule has 0 N–H and O–H groups in total. The van der Waals surface area contributed by atoms with Crippen LogP contribution < -0.4 is 4.74 Å². The van der Waals surface area contributed by atoms with Gasteiger partial charge in [0.25, 0.3) is 0 Å².